The number of rotatable bonds is 3. The summed E-state index contributed by atoms with van der Waals surface area (Å²) >= 11 is 9.62. The molecule has 1 nitrogen and oxygen atoms in total. The summed E-state index contributed by atoms with van der Waals surface area (Å²) in [4.78, 5) is 0. The molecule has 98 valence electrons. The summed E-state index contributed by atoms with van der Waals surface area (Å²) in [7, 11) is 0. The van der Waals surface area contributed by atoms with Gasteiger partial charge in [0.25, 0.3) is 0 Å². The molecule has 0 heterocycles. The third kappa shape index (κ3) is 2.33. The van der Waals surface area contributed by atoms with E-state index in [1.807, 2.05) is 54.6 Å². The van der Waals surface area contributed by atoms with Gasteiger partial charge in [0.1, 0.15) is 5.60 Å². The lowest BCUT2D eigenvalue weighted by atomic mass is 9.82. The predicted octanol–water partition coefficient (Wildman–Crippen LogP) is 4.31. The second-order valence-corrected chi connectivity index (χ2v) is 6.47. The van der Waals surface area contributed by atoms with E-state index in [2.05, 4.69) is 15.9 Å². The molecule has 3 rings (SSSR count). The van der Waals surface area contributed by atoms with Crippen LogP contribution in [0.25, 0.3) is 0 Å². The molecule has 3 unspecified atom stereocenters. The standard InChI is InChI=1S/C16H14BrClO/c17-13-8-6-12(7-9-13)16(19,14-10-15(14)18)11-4-2-1-3-5-11/h1-9,14-15,19H,10H2. The number of aliphatic hydroxyl groups is 1. The van der Waals surface area contributed by atoms with Crippen LogP contribution in [0.1, 0.15) is 17.5 Å². The maximum Gasteiger partial charge on any atom is 0.119 e. The van der Waals surface area contributed by atoms with Crippen molar-refractivity contribution < 1.29 is 5.11 Å². The van der Waals surface area contributed by atoms with Crippen molar-refractivity contribution in [2.75, 3.05) is 0 Å². The second kappa shape index (κ2) is 4.93. The number of hydrogen-bond donors (Lipinski definition) is 1. The van der Waals surface area contributed by atoms with E-state index in [0.29, 0.717) is 0 Å². The van der Waals surface area contributed by atoms with Gasteiger partial charge in [-0.15, -0.1) is 11.6 Å². The zero-order chi connectivity index (χ0) is 13.5. The summed E-state index contributed by atoms with van der Waals surface area (Å²) in [5.74, 6) is 0.0812. The van der Waals surface area contributed by atoms with Crippen molar-refractivity contribution in [2.24, 2.45) is 5.92 Å². The summed E-state index contributed by atoms with van der Waals surface area (Å²) in [6.07, 6.45) is 0.850. The average molecular weight is 338 g/mol. The fourth-order valence-electron chi connectivity index (χ4n) is 2.59. The molecule has 3 atom stereocenters. The first-order valence-corrected chi connectivity index (χ1v) is 7.53. The average Bonchev–Trinajstić information content (AvgIpc) is 3.17. The number of hydrogen-bond acceptors (Lipinski definition) is 1. The first kappa shape index (κ1) is 13.2. The van der Waals surface area contributed by atoms with E-state index in [0.717, 1.165) is 22.0 Å². The van der Waals surface area contributed by atoms with Crippen molar-refractivity contribution in [3.63, 3.8) is 0 Å². The van der Waals surface area contributed by atoms with Gasteiger partial charge in [-0.25, -0.2) is 0 Å². The van der Waals surface area contributed by atoms with Crippen LogP contribution in [-0.4, -0.2) is 10.5 Å². The van der Waals surface area contributed by atoms with Gasteiger partial charge < -0.3 is 5.11 Å². The van der Waals surface area contributed by atoms with E-state index < -0.39 is 5.60 Å². The minimum Gasteiger partial charge on any atom is -0.380 e. The highest BCUT2D eigenvalue weighted by molar-refractivity contribution is 9.10. The van der Waals surface area contributed by atoms with E-state index in [1.54, 1.807) is 0 Å². The molecule has 2 aromatic carbocycles. The smallest absolute Gasteiger partial charge is 0.119 e. The fraction of sp³-hybridized carbons (Fsp3) is 0.250. The van der Waals surface area contributed by atoms with E-state index in [1.165, 1.54) is 0 Å². The van der Waals surface area contributed by atoms with Crippen molar-refractivity contribution in [3.8, 4) is 0 Å². The Morgan fingerprint density at radius 3 is 2.05 bits per heavy atom. The molecule has 0 saturated heterocycles. The summed E-state index contributed by atoms with van der Waals surface area (Å²) in [6.45, 7) is 0. The summed E-state index contributed by atoms with van der Waals surface area (Å²) in [5, 5.41) is 11.3. The van der Waals surface area contributed by atoms with Crippen LogP contribution >= 0.6 is 27.5 Å². The Kier molecular flexibility index (Phi) is 3.42. The molecule has 1 N–H and O–H groups in total. The summed E-state index contributed by atoms with van der Waals surface area (Å²) < 4.78 is 1.00. The minimum atomic E-state index is -0.992. The highest BCUT2D eigenvalue weighted by atomic mass is 79.9. The molecule has 1 aliphatic carbocycles. The van der Waals surface area contributed by atoms with Gasteiger partial charge in [0.05, 0.1) is 0 Å². The van der Waals surface area contributed by atoms with Crippen LogP contribution in [0, 0.1) is 5.92 Å². The molecule has 0 radical (unpaired) electrons. The third-order valence-corrected chi connectivity index (χ3v) is 4.76. The maximum absolute atomic E-state index is 11.3. The normalized spacial score (nSPS) is 24.8. The summed E-state index contributed by atoms with van der Waals surface area (Å²) in [6, 6.07) is 17.6. The molecule has 0 bridgehead atoms. The molecule has 1 aliphatic rings. The van der Waals surface area contributed by atoms with Gasteiger partial charge in [0, 0.05) is 15.8 Å². The zero-order valence-corrected chi connectivity index (χ0v) is 12.6. The van der Waals surface area contributed by atoms with Crippen molar-refractivity contribution in [3.05, 3.63) is 70.2 Å². The quantitative estimate of drug-likeness (QED) is 0.827. The summed E-state index contributed by atoms with van der Waals surface area (Å²) in [5.41, 5.74) is 0.814. The van der Waals surface area contributed by atoms with Crippen LogP contribution in [0.4, 0.5) is 0 Å². The third-order valence-electron chi connectivity index (χ3n) is 3.75. The van der Waals surface area contributed by atoms with Crippen molar-refractivity contribution >= 4 is 27.5 Å². The molecule has 1 saturated carbocycles. The Bertz CT molecular complexity index is 569. The lowest BCUT2D eigenvalue weighted by Crippen LogP contribution is -2.30. The lowest BCUT2D eigenvalue weighted by Gasteiger charge is -2.30. The predicted molar refractivity (Wildman–Crippen MR) is 81.3 cm³/mol. The Morgan fingerprint density at radius 2 is 1.53 bits per heavy atom. The number of halogens is 2. The lowest BCUT2D eigenvalue weighted by molar-refractivity contribution is 0.0569. The molecule has 1 fully saturated rings. The number of alkyl halides is 1. The Labute approximate surface area is 126 Å². The van der Waals surface area contributed by atoms with E-state index >= 15 is 0 Å². The first-order chi connectivity index (χ1) is 9.12. The largest absolute Gasteiger partial charge is 0.380 e. The van der Waals surface area contributed by atoms with Crippen molar-refractivity contribution in [2.45, 2.75) is 17.4 Å². The molecule has 19 heavy (non-hydrogen) atoms. The molecule has 0 aromatic heterocycles. The Balaban J connectivity index is 2.10. The first-order valence-electron chi connectivity index (χ1n) is 6.30. The van der Waals surface area contributed by atoms with Gasteiger partial charge in [-0.1, -0.05) is 58.4 Å². The van der Waals surface area contributed by atoms with Gasteiger partial charge in [0.15, 0.2) is 0 Å². The van der Waals surface area contributed by atoms with Crippen molar-refractivity contribution in [1.82, 2.24) is 0 Å². The van der Waals surface area contributed by atoms with Crippen LogP contribution in [-0.2, 0) is 5.60 Å². The molecule has 0 amide bonds. The van der Waals surface area contributed by atoms with Crippen LogP contribution in [0.15, 0.2) is 59.1 Å². The Morgan fingerprint density at radius 1 is 1.00 bits per heavy atom. The SMILES string of the molecule is OC(c1ccccc1)(c1ccc(Br)cc1)C1CC1Cl. The molecule has 0 aliphatic heterocycles. The second-order valence-electron chi connectivity index (χ2n) is 5.00. The monoisotopic (exact) mass is 336 g/mol. The van der Waals surface area contributed by atoms with Crippen molar-refractivity contribution in [1.29, 1.82) is 0 Å². The van der Waals surface area contributed by atoms with Gasteiger partial charge in [-0.3, -0.25) is 0 Å². The van der Waals surface area contributed by atoms with Crippen LogP contribution in [0.5, 0.6) is 0 Å². The molecular formula is C16H14BrClO. The molecule has 0 spiro atoms. The Hall–Kier alpha value is -0.830. The topological polar surface area (TPSA) is 20.2 Å². The van der Waals surface area contributed by atoms with Gasteiger partial charge >= 0.3 is 0 Å². The van der Waals surface area contributed by atoms with Crippen LogP contribution < -0.4 is 0 Å². The van der Waals surface area contributed by atoms with Gasteiger partial charge in [-0.05, 0) is 29.7 Å². The zero-order valence-electron chi connectivity index (χ0n) is 10.3. The van der Waals surface area contributed by atoms with E-state index in [4.69, 9.17) is 11.6 Å². The highest BCUT2D eigenvalue weighted by Crippen LogP contribution is 2.52. The van der Waals surface area contributed by atoms with E-state index in [-0.39, 0.29) is 11.3 Å². The number of benzene rings is 2. The molecule has 3 heteroatoms. The van der Waals surface area contributed by atoms with Crippen LogP contribution in [0.2, 0.25) is 0 Å². The molecular weight excluding hydrogens is 324 g/mol. The highest BCUT2D eigenvalue weighted by Gasteiger charge is 2.53. The molecule has 2 aromatic rings. The fourth-order valence-corrected chi connectivity index (χ4v) is 3.23. The van der Waals surface area contributed by atoms with Crippen LogP contribution in [0.3, 0.4) is 0 Å². The van der Waals surface area contributed by atoms with Gasteiger partial charge in [-0.2, -0.15) is 0 Å². The van der Waals surface area contributed by atoms with E-state index in [9.17, 15) is 5.11 Å². The maximum atomic E-state index is 11.3. The minimum absolute atomic E-state index is 0.0499. The van der Waals surface area contributed by atoms with Gasteiger partial charge in [0.2, 0.25) is 0 Å².